The van der Waals surface area contributed by atoms with E-state index >= 15 is 0 Å². The first-order valence-corrected chi connectivity index (χ1v) is 12.2. The molecule has 1 fully saturated rings. The summed E-state index contributed by atoms with van der Waals surface area (Å²) in [6, 6.07) is 22.8. The van der Waals surface area contributed by atoms with Crippen LogP contribution < -0.4 is 10.5 Å². The monoisotopic (exact) mass is 468 g/mol. The Morgan fingerprint density at radius 3 is 2.40 bits per heavy atom. The van der Waals surface area contributed by atoms with Crippen LogP contribution in [-0.4, -0.2) is 48.0 Å². The molecule has 0 saturated carbocycles. The van der Waals surface area contributed by atoms with Crippen LogP contribution in [0.2, 0.25) is 0 Å². The lowest BCUT2D eigenvalue weighted by Gasteiger charge is -2.29. The van der Waals surface area contributed by atoms with Gasteiger partial charge in [0.05, 0.1) is 31.0 Å². The number of ether oxygens (including phenoxy) is 1. The first-order chi connectivity index (χ1) is 17.0. The topological polar surface area (TPSA) is 50.6 Å². The highest BCUT2D eigenvalue weighted by atomic mass is 16.5. The highest BCUT2D eigenvalue weighted by Gasteiger charge is 2.15. The molecule has 35 heavy (non-hydrogen) atoms. The summed E-state index contributed by atoms with van der Waals surface area (Å²) in [5, 5.41) is 6.46. The van der Waals surface area contributed by atoms with Gasteiger partial charge in [0.25, 0.3) is 5.56 Å². The summed E-state index contributed by atoms with van der Waals surface area (Å²) in [5.41, 5.74) is 6.60. The summed E-state index contributed by atoms with van der Waals surface area (Å²) in [6.45, 7) is 8.73. The van der Waals surface area contributed by atoms with Gasteiger partial charge in [0.15, 0.2) is 0 Å². The number of nitrogens with zero attached hydrogens (tertiary/aromatic N) is 4. The molecule has 5 rings (SSSR count). The third-order valence-electron chi connectivity index (χ3n) is 6.66. The van der Waals surface area contributed by atoms with E-state index in [9.17, 15) is 4.79 Å². The maximum absolute atomic E-state index is 13.3. The highest BCUT2D eigenvalue weighted by Crippen LogP contribution is 2.28. The fourth-order valence-electron chi connectivity index (χ4n) is 4.74. The minimum absolute atomic E-state index is 0.0656. The van der Waals surface area contributed by atoms with Gasteiger partial charge < -0.3 is 9.64 Å². The molecule has 0 N–H and O–H groups in total. The van der Waals surface area contributed by atoms with Gasteiger partial charge in [-0.3, -0.25) is 9.69 Å². The zero-order valence-electron chi connectivity index (χ0n) is 20.7. The molecule has 3 aromatic carbocycles. The lowest BCUT2D eigenvalue weighted by Crippen LogP contribution is -2.36. The van der Waals surface area contributed by atoms with Crippen LogP contribution in [0.3, 0.4) is 0 Å². The standard InChI is InChI=1S/C29H32N4O2/c1-21-8-9-22(2)27(18-21)28-25-6-4-5-7-26(25)29(34)33(30-28)20-31(3)19-23-10-12-24(13-11-23)32-14-16-35-17-15-32/h4-13,18H,14-17,19-20H2,1-3H3. The van der Waals surface area contributed by atoms with E-state index in [2.05, 4.69) is 66.1 Å². The predicted molar refractivity (Wildman–Crippen MR) is 142 cm³/mol. The molecule has 0 aliphatic carbocycles. The average molecular weight is 469 g/mol. The van der Waals surface area contributed by atoms with Crippen molar-refractivity contribution >= 4 is 16.5 Å². The fraction of sp³-hybridized carbons (Fsp3) is 0.310. The SMILES string of the molecule is Cc1ccc(C)c(-c2nn(CN(C)Cc3ccc(N4CCOCC4)cc3)c(=O)c3ccccc23)c1. The molecule has 2 heterocycles. The normalized spacial score (nSPS) is 14.1. The van der Waals surface area contributed by atoms with Gasteiger partial charge in [-0.15, -0.1) is 0 Å². The van der Waals surface area contributed by atoms with Gasteiger partial charge in [0, 0.05) is 36.3 Å². The summed E-state index contributed by atoms with van der Waals surface area (Å²) in [6.07, 6.45) is 0. The van der Waals surface area contributed by atoms with Crippen LogP contribution >= 0.6 is 0 Å². The van der Waals surface area contributed by atoms with Crippen LogP contribution in [0.25, 0.3) is 22.0 Å². The zero-order valence-corrected chi connectivity index (χ0v) is 20.7. The average Bonchev–Trinajstić information content (AvgIpc) is 2.88. The second kappa shape index (κ2) is 10.0. The lowest BCUT2D eigenvalue weighted by atomic mass is 9.99. The molecule has 1 aliphatic heterocycles. The maximum atomic E-state index is 13.3. The van der Waals surface area contributed by atoms with Gasteiger partial charge in [0.2, 0.25) is 0 Å². The van der Waals surface area contributed by atoms with Crippen molar-refractivity contribution < 1.29 is 4.74 Å². The summed E-state index contributed by atoms with van der Waals surface area (Å²) < 4.78 is 7.06. The Morgan fingerprint density at radius 2 is 1.66 bits per heavy atom. The van der Waals surface area contributed by atoms with Crippen LogP contribution in [0.1, 0.15) is 16.7 Å². The molecule has 4 aromatic rings. The molecular formula is C29H32N4O2. The van der Waals surface area contributed by atoms with E-state index in [0.29, 0.717) is 12.1 Å². The first kappa shape index (κ1) is 23.3. The smallest absolute Gasteiger partial charge is 0.275 e. The molecular weight excluding hydrogens is 436 g/mol. The number of aromatic nitrogens is 2. The maximum Gasteiger partial charge on any atom is 0.275 e. The summed E-state index contributed by atoms with van der Waals surface area (Å²) >= 11 is 0. The van der Waals surface area contributed by atoms with Crippen molar-refractivity contribution in [3.63, 3.8) is 0 Å². The Hall–Kier alpha value is -3.48. The van der Waals surface area contributed by atoms with Gasteiger partial charge in [0.1, 0.15) is 0 Å². The third-order valence-corrected chi connectivity index (χ3v) is 6.66. The lowest BCUT2D eigenvalue weighted by molar-refractivity contribution is 0.122. The first-order valence-electron chi connectivity index (χ1n) is 12.2. The van der Waals surface area contributed by atoms with Crippen molar-refractivity contribution in [2.45, 2.75) is 27.1 Å². The van der Waals surface area contributed by atoms with Crippen molar-refractivity contribution in [3.05, 3.63) is 93.8 Å². The molecule has 0 radical (unpaired) electrons. The second-order valence-electron chi connectivity index (χ2n) is 9.44. The molecule has 6 heteroatoms. The predicted octanol–water partition coefficient (Wildman–Crippen LogP) is 4.61. The Labute approximate surface area is 206 Å². The van der Waals surface area contributed by atoms with Crippen LogP contribution in [0, 0.1) is 13.8 Å². The van der Waals surface area contributed by atoms with Crippen molar-refractivity contribution in [3.8, 4) is 11.3 Å². The van der Waals surface area contributed by atoms with E-state index in [1.54, 1.807) is 4.68 Å². The second-order valence-corrected chi connectivity index (χ2v) is 9.44. The summed E-state index contributed by atoms with van der Waals surface area (Å²) in [7, 11) is 2.02. The third kappa shape index (κ3) is 4.99. The molecule has 0 unspecified atom stereocenters. The molecule has 1 aromatic heterocycles. The van der Waals surface area contributed by atoms with Gasteiger partial charge >= 0.3 is 0 Å². The number of hydrogen-bond donors (Lipinski definition) is 0. The molecule has 0 atom stereocenters. The molecule has 0 spiro atoms. The van der Waals surface area contributed by atoms with Gasteiger partial charge in [-0.25, -0.2) is 4.68 Å². The van der Waals surface area contributed by atoms with Crippen LogP contribution in [0.15, 0.2) is 71.5 Å². The quantitative estimate of drug-likeness (QED) is 0.414. The minimum Gasteiger partial charge on any atom is -0.378 e. The summed E-state index contributed by atoms with van der Waals surface area (Å²) in [5.74, 6) is 0. The minimum atomic E-state index is -0.0656. The Balaban J connectivity index is 1.41. The molecule has 1 aliphatic rings. The number of benzene rings is 3. The van der Waals surface area contributed by atoms with Gasteiger partial charge in [-0.2, -0.15) is 5.10 Å². The van der Waals surface area contributed by atoms with Crippen LogP contribution in [0.4, 0.5) is 5.69 Å². The number of aryl methyl sites for hydroxylation is 2. The highest BCUT2D eigenvalue weighted by molar-refractivity contribution is 5.94. The van der Waals surface area contributed by atoms with Crippen LogP contribution in [0.5, 0.6) is 0 Å². The number of hydrogen-bond acceptors (Lipinski definition) is 5. The Morgan fingerprint density at radius 1 is 0.943 bits per heavy atom. The molecule has 0 bridgehead atoms. The van der Waals surface area contributed by atoms with Gasteiger partial charge in [-0.1, -0.05) is 48.0 Å². The number of rotatable bonds is 6. The number of morpholine rings is 1. The molecule has 180 valence electrons. The van der Waals surface area contributed by atoms with Crippen molar-refractivity contribution in [2.24, 2.45) is 0 Å². The Kier molecular flexibility index (Phi) is 6.66. The van der Waals surface area contributed by atoms with Gasteiger partial charge in [-0.05, 0) is 56.3 Å². The van der Waals surface area contributed by atoms with E-state index in [0.717, 1.165) is 55.1 Å². The van der Waals surface area contributed by atoms with E-state index in [1.165, 1.54) is 16.8 Å². The van der Waals surface area contributed by atoms with Crippen molar-refractivity contribution in [2.75, 3.05) is 38.3 Å². The van der Waals surface area contributed by atoms with E-state index in [-0.39, 0.29) is 5.56 Å². The molecule has 0 amide bonds. The van der Waals surface area contributed by atoms with Crippen molar-refractivity contribution in [1.82, 2.24) is 14.7 Å². The molecule has 6 nitrogen and oxygen atoms in total. The Bertz CT molecular complexity index is 1390. The number of fused-ring (bicyclic) bond motifs is 1. The van der Waals surface area contributed by atoms with Crippen LogP contribution in [-0.2, 0) is 18.0 Å². The largest absolute Gasteiger partial charge is 0.378 e. The zero-order chi connectivity index (χ0) is 24.4. The number of anilines is 1. The fourth-order valence-corrected chi connectivity index (χ4v) is 4.74. The summed E-state index contributed by atoms with van der Waals surface area (Å²) in [4.78, 5) is 17.8. The van der Waals surface area contributed by atoms with E-state index in [1.807, 2.05) is 31.3 Å². The van der Waals surface area contributed by atoms with Crippen molar-refractivity contribution in [1.29, 1.82) is 0 Å². The van der Waals surface area contributed by atoms with E-state index < -0.39 is 0 Å². The molecule has 1 saturated heterocycles. The van der Waals surface area contributed by atoms with E-state index in [4.69, 9.17) is 9.84 Å².